The number of hydrogen-bond donors (Lipinski definition) is 5. The van der Waals surface area contributed by atoms with E-state index < -0.39 is 57.1 Å². The molecule has 0 aliphatic carbocycles. The number of unbranched alkanes of at least 4 members (excludes halogenated alkanes) is 13. The lowest BCUT2D eigenvalue weighted by Gasteiger charge is -2.36. The Morgan fingerprint density at radius 1 is 0.820 bits per heavy atom. The molecule has 0 aromatic carbocycles. The molecule has 1 unspecified atom stereocenters. The first kappa shape index (κ1) is 46.4. The summed E-state index contributed by atoms with van der Waals surface area (Å²) in [5.41, 5.74) is 0. The predicted molar refractivity (Wildman–Crippen MR) is 192 cm³/mol. The minimum Gasteiger partial charge on any atom is -0.462 e. The van der Waals surface area contributed by atoms with Crippen LogP contribution in [-0.4, -0.2) is 81.0 Å². The number of hydrogen-bond acceptors (Lipinski definition) is 10. The molecule has 0 bridgehead atoms. The van der Waals surface area contributed by atoms with Crippen LogP contribution in [0.2, 0.25) is 0 Å². The van der Waals surface area contributed by atoms with E-state index in [0.29, 0.717) is 32.1 Å². The van der Waals surface area contributed by atoms with Crippen molar-refractivity contribution in [1.82, 2.24) is 0 Å². The van der Waals surface area contributed by atoms with E-state index in [4.69, 9.17) is 24.0 Å². The number of aliphatic hydroxyl groups excluding tert-OH is 3. The number of phosphoric acid groups is 1. The Kier molecular flexibility index (Phi) is 26.8. The summed E-state index contributed by atoms with van der Waals surface area (Å²) in [5, 5.41) is 30.8. The van der Waals surface area contributed by atoms with Crippen molar-refractivity contribution in [2.75, 3.05) is 13.2 Å². The van der Waals surface area contributed by atoms with Gasteiger partial charge in [-0.15, -0.1) is 0 Å². The van der Waals surface area contributed by atoms with Gasteiger partial charge in [-0.05, 0) is 32.1 Å². The summed E-state index contributed by atoms with van der Waals surface area (Å²) in [4.78, 5) is 42.9. The van der Waals surface area contributed by atoms with Gasteiger partial charge in [-0.1, -0.05) is 122 Å². The second-order valence-electron chi connectivity index (χ2n) is 13.4. The van der Waals surface area contributed by atoms with E-state index in [2.05, 4.69) is 18.4 Å². The summed E-state index contributed by atoms with van der Waals surface area (Å²) in [6.45, 7) is 3.32. The predicted octanol–water partition coefficient (Wildman–Crippen LogP) is 6.95. The molecule has 0 spiro atoms. The highest BCUT2D eigenvalue weighted by atomic mass is 31.2. The van der Waals surface area contributed by atoms with Crippen molar-refractivity contribution in [2.24, 2.45) is 5.92 Å². The largest absolute Gasteiger partial charge is 0.469 e. The van der Waals surface area contributed by atoms with Gasteiger partial charge in [-0.3, -0.25) is 14.1 Å². The number of allylic oxidation sites excluding steroid dienone is 2. The number of rotatable bonds is 30. The van der Waals surface area contributed by atoms with E-state index >= 15 is 0 Å². The molecule has 0 aromatic rings. The molecular formula is C37H67O12P. The summed E-state index contributed by atoms with van der Waals surface area (Å²) in [6.07, 6.45) is 21.0. The van der Waals surface area contributed by atoms with Crippen molar-refractivity contribution in [2.45, 2.75) is 179 Å². The number of phosphoric ester groups is 1. The average Bonchev–Trinajstić information content (AvgIpc) is 3.05. The fourth-order valence-corrected chi connectivity index (χ4v) is 6.18. The van der Waals surface area contributed by atoms with E-state index in [1.165, 1.54) is 44.9 Å². The molecule has 50 heavy (non-hydrogen) atoms. The number of carbonyl (C=O) groups is 2. The van der Waals surface area contributed by atoms with E-state index in [1.54, 1.807) is 12.2 Å². The SMILES string of the molecule is CCCCCCCCCCCCCC(=O)O[C@H](COC(=O)CCC/C=C\C[C@H]1[C@@H](O)CC(O)O[C@@H]1/C=C/[C@@H](O)CCCCC)COP(=O)(O)O. The molecule has 0 amide bonds. The minimum atomic E-state index is -4.81. The van der Waals surface area contributed by atoms with E-state index in [0.717, 1.165) is 38.5 Å². The highest BCUT2D eigenvalue weighted by Crippen LogP contribution is 2.36. The highest BCUT2D eigenvalue weighted by Gasteiger charge is 2.35. The fraction of sp³-hybridized carbons (Fsp3) is 0.838. The van der Waals surface area contributed by atoms with Gasteiger partial charge in [-0.25, -0.2) is 4.57 Å². The molecule has 13 heteroatoms. The molecule has 5 N–H and O–H groups in total. The van der Waals surface area contributed by atoms with Crippen LogP contribution in [0, 0.1) is 5.92 Å². The Balaban J connectivity index is 2.39. The Morgan fingerprint density at radius 3 is 2.06 bits per heavy atom. The van der Waals surface area contributed by atoms with Gasteiger partial charge < -0.3 is 39.3 Å². The average molecular weight is 735 g/mol. The molecule has 0 saturated carbocycles. The van der Waals surface area contributed by atoms with Gasteiger partial charge in [0.05, 0.1) is 24.9 Å². The molecule has 0 aromatic heterocycles. The lowest BCUT2D eigenvalue weighted by molar-refractivity contribution is -0.199. The maximum Gasteiger partial charge on any atom is 0.469 e. The van der Waals surface area contributed by atoms with Gasteiger partial charge in [-0.2, -0.15) is 0 Å². The van der Waals surface area contributed by atoms with E-state index in [1.807, 2.05) is 12.2 Å². The zero-order valence-electron chi connectivity index (χ0n) is 30.6. The lowest BCUT2D eigenvalue weighted by Crippen LogP contribution is -2.43. The van der Waals surface area contributed by atoms with E-state index in [9.17, 15) is 29.5 Å². The molecule has 1 rings (SSSR count). The summed E-state index contributed by atoms with van der Waals surface area (Å²) in [7, 11) is -4.81. The van der Waals surface area contributed by atoms with Gasteiger partial charge >= 0.3 is 19.8 Å². The lowest BCUT2D eigenvalue weighted by atomic mass is 9.87. The summed E-state index contributed by atoms with van der Waals surface area (Å²) >= 11 is 0. The van der Waals surface area contributed by atoms with Crippen molar-refractivity contribution in [3.63, 3.8) is 0 Å². The monoisotopic (exact) mass is 734 g/mol. The van der Waals surface area contributed by atoms with Crippen LogP contribution in [-0.2, 0) is 32.9 Å². The third-order valence-corrected chi connectivity index (χ3v) is 9.25. The van der Waals surface area contributed by atoms with Gasteiger partial charge in [0.2, 0.25) is 0 Å². The second kappa shape index (κ2) is 28.9. The number of ether oxygens (including phenoxy) is 3. The highest BCUT2D eigenvalue weighted by molar-refractivity contribution is 7.46. The van der Waals surface area contributed by atoms with E-state index in [-0.39, 0.29) is 31.8 Å². The van der Waals surface area contributed by atoms with Crippen LogP contribution in [0.5, 0.6) is 0 Å². The topological polar surface area (TPSA) is 189 Å². The summed E-state index contributed by atoms with van der Waals surface area (Å²) in [6, 6.07) is 0. The van der Waals surface area contributed by atoms with Crippen molar-refractivity contribution < 1.29 is 58.0 Å². The number of aliphatic hydroxyl groups is 3. The molecular weight excluding hydrogens is 667 g/mol. The van der Waals surface area contributed by atoms with Crippen molar-refractivity contribution >= 4 is 19.8 Å². The number of carbonyl (C=O) groups excluding carboxylic acids is 2. The van der Waals surface area contributed by atoms with Crippen LogP contribution in [0.25, 0.3) is 0 Å². The molecule has 1 fully saturated rings. The van der Waals surface area contributed by atoms with Crippen LogP contribution in [0.4, 0.5) is 0 Å². The third-order valence-electron chi connectivity index (χ3n) is 8.77. The standard InChI is InChI=1S/C37H67O12P/c1-3-5-7-8-9-10-11-12-13-14-20-24-36(41)48-31(29-47-50(43,44)45)28-46-35(40)23-19-16-15-18-22-32-33(39)27-37(42)49-34(32)26-25-30(38)21-17-6-4-2/h15,18,25-26,30-34,37-39,42H,3-14,16-17,19-24,27-29H2,1-2H3,(H2,43,44,45)/b18-15-,26-25+/t30-,31+,32-,33-,34+,37?/m0/s1. The fourth-order valence-electron chi connectivity index (χ4n) is 5.82. The van der Waals surface area contributed by atoms with Crippen LogP contribution >= 0.6 is 7.82 Å². The van der Waals surface area contributed by atoms with Gasteiger partial charge in [0.25, 0.3) is 0 Å². The summed E-state index contributed by atoms with van der Waals surface area (Å²) in [5.74, 6) is -1.39. The second-order valence-corrected chi connectivity index (χ2v) is 14.7. The van der Waals surface area contributed by atoms with Gasteiger partial charge in [0.1, 0.15) is 6.61 Å². The first-order valence-electron chi connectivity index (χ1n) is 19.0. The molecule has 292 valence electrons. The maximum atomic E-state index is 12.4. The van der Waals surface area contributed by atoms with Crippen LogP contribution < -0.4 is 0 Å². The maximum absolute atomic E-state index is 12.4. The molecule has 1 heterocycles. The smallest absolute Gasteiger partial charge is 0.462 e. The number of esters is 2. The first-order chi connectivity index (χ1) is 23.9. The Bertz CT molecular complexity index is 984. The zero-order valence-corrected chi connectivity index (χ0v) is 31.5. The third kappa shape index (κ3) is 25.3. The quantitative estimate of drug-likeness (QED) is 0.0221. The Labute approximate surface area is 300 Å². The Morgan fingerprint density at radius 2 is 1.42 bits per heavy atom. The Hall–Kier alpha value is -1.63. The van der Waals surface area contributed by atoms with Gasteiger partial charge in [0, 0.05) is 25.2 Å². The molecule has 12 nitrogen and oxygen atoms in total. The normalized spacial score (nSPS) is 21.1. The van der Waals surface area contributed by atoms with Crippen molar-refractivity contribution in [3.8, 4) is 0 Å². The zero-order chi connectivity index (χ0) is 37.0. The first-order valence-corrected chi connectivity index (χ1v) is 20.6. The van der Waals surface area contributed by atoms with Crippen LogP contribution in [0.1, 0.15) is 149 Å². The molecule has 0 radical (unpaired) electrons. The van der Waals surface area contributed by atoms with Crippen molar-refractivity contribution in [3.05, 3.63) is 24.3 Å². The van der Waals surface area contributed by atoms with Crippen molar-refractivity contribution in [1.29, 1.82) is 0 Å². The molecule has 1 saturated heterocycles. The molecule has 6 atom stereocenters. The summed E-state index contributed by atoms with van der Waals surface area (Å²) < 4.78 is 31.9. The molecule has 1 aliphatic rings. The van der Waals surface area contributed by atoms with Crippen LogP contribution in [0.3, 0.4) is 0 Å². The van der Waals surface area contributed by atoms with Crippen LogP contribution in [0.15, 0.2) is 24.3 Å². The van der Waals surface area contributed by atoms with Gasteiger partial charge in [0.15, 0.2) is 12.4 Å². The molecule has 1 aliphatic heterocycles. The minimum absolute atomic E-state index is 0.0751.